The Kier molecular flexibility index (Phi) is 4.45. The summed E-state index contributed by atoms with van der Waals surface area (Å²) in [6, 6.07) is 12.7. The molecule has 1 N–H and O–H groups in total. The Morgan fingerprint density at radius 2 is 1.96 bits per heavy atom. The number of carbonyl (C=O) groups is 2. The molecule has 0 radical (unpaired) electrons. The molecule has 2 aliphatic heterocycles. The Hall–Kier alpha value is -2.69. The Morgan fingerprint density at radius 3 is 2.85 bits per heavy atom. The van der Waals surface area contributed by atoms with Crippen molar-refractivity contribution in [3.05, 3.63) is 59.4 Å². The predicted molar refractivity (Wildman–Crippen MR) is 98.6 cm³/mol. The lowest BCUT2D eigenvalue weighted by atomic mass is 9.89. The number of hydrogen-bond donors (Lipinski definition) is 1. The largest absolute Gasteiger partial charge is 0.326 e. The van der Waals surface area contributed by atoms with E-state index in [4.69, 9.17) is 0 Å². The molecule has 134 valence electrons. The third-order valence-electron chi connectivity index (χ3n) is 5.29. The lowest BCUT2D eigenvalue weighted by Crippen LogP contribution is -2.37. The van der Waals surface area contributed by atoms with Crippen molar-refractivity contribution in [3.63, 3.8) is 0 Å². The predicted octanol–water partition coefficient (Wildman–Crippen LogP) is 3.70. The van der Waals surface area contributed by atoms with E-state index in [1.165, 1.54) is 6.07 Å². The summed E-state index contributed by atoms with van der Waals surface area (Å²) in [5.74, 6) is -0.719. The minimum atomic E-state index is -0.347. The smallest absolute Gasteiger partial charge is 0.227 e. The average Bonchev–Trinajstić information content (AvgIpc) is 2.66. The second-order valence-corrected chi connectivity index (χ2v) is 6.98. The fraction of sp³-hybridized carbons (Fsp3) is 0.333. The summed E-state index contributed by atoms with van der Waals surface area (Å²) in [6.45, 7) is 0.534. The summed E-state index contributed by atoms with van der Waals surface area (Å²) < 4.78 is 14.2. The number of fused-ring (bicyclic) bond motifs is 2. The fourth-order valence-corrected chi connectivity index (χ4v) is 3.93. The summed E-state index contributed by atoms with van der Waals surface area (Å²) >= 11 is 0. The molecule has 1 atom stereocenters. The molecule has 26 heavy (non-hydrogen) atoms. The maximum atomic E-state index is 14.2. The zero-order valence-electron chi connectivity index (χ0n) is 14.5. The van der Waals surface area contributed by atoms with Crippen molar-refractivity contribution < 1.29 is 14.0 Å². The molecule has 0 aliphatic carbocycles. The quantitative estimate of drug-likeness (QED) is 0.916. The number of nitrogens with one attached hydrogen (secondary N) is 1. The van der Waals surface area contributed by atoms with Crippen LogP contribution in [0.25, 0.3) is 0 Å². The molecular weight excluding hydrogens is 331 g/mol. The van der Waals surface area contributed by atoms with Gasteiger partial charge in [0.1, 0.15) is 5.82 Å². The van der Waals surface area contributed by atoms with E-state index in [1.807, 2.05) is 30.3 Å². The van der Waals surface area contributed by atoms with Crippen molar-refractivity contribution in [1.82, 2.24) is 0 Å². The first-order valence-electron chi connectivity index (χ1n) is 9.10. The van der Waals surface area contributed by atoms with Crippen LogP contribution in [0.15, 0.2) is 42.5 Å². The van der Waals surface area contributed by atoms with Gasteiger partial charge in [-0.25, -0.2) is 4.39 Å². The van der Waals surface area contributed by atoms with Crippen molar-refractivity contribution in [2.45, 2.75) is 32.1 Å². The van der Waals surface area contributed by atoms with Gasteiger partial charge < -0.3 is 10.2 Å². The number of anilines is 2. The summed E-state index contributed by atoms with van der Waals surface area (Å²) in [4.78, 5) is 26.6. The first-order valence-corrected chi connectivity index (χ1v) is 9.10. The molecule has 0 bridgehead atoms. The van der Waals surface area contributed by atoms with Crippen LogP contribution in [-0.2, 0) is 22.4 Å². The van der Waals surface area contributed by atoms with E-state index in [9.17, 15) is 14.0 Å². The normalized spacial score (nSPS) is 18.7. The van der Waals surface area contributed by atoms with Crippen LogP contribution in [0, 0.1) is 11.7 Å². The first-order chi connectivity index (χ1) is 12.6. The van der Waals surface area contributed by atoms with Crippen LogP contribution in [0.3, 0.4) is 0 Å². The fourth-order valence-electron chi connectivity index (χ4n) is 3.93. The van der Waals surface area contributed by atoms with Crippen molar-refractivity contribution >= 4 is 23.2 Å². The minimum absolute atomic E-state index is 0.0401. The van der Waals surface area contributed by atoms with Gasteiger partial charge in [0.15, 0.2) is 0 Å². The monoisotopic (exact) mass is 352 g/mol. The highest BCUT2D eigenvalue weighted by atomic mass is 19.1. The van der Waals surface area contributed by atoms with Gasteiger partial charge in [0.05, 0.1) is 5.69 Å². The van der Waals surface area contributed by atoms with Gasteiger partial charge in [-0.3, -0.25) is 9.59 Å². The molecule has 2 aliphatic rings. The molecule has 4 nitrogen and oxygen atoms in total. The van der Waals surface area contributed by atoms with E-state index in [0.717, 1.165) is 29.7 Å². The van der Waals surface area contributed by atoms with Crippen LogP contribution in [-0.4, -0.2) is 18.4 Å². The summed E-state index contributed by atoms with van der Waals surface area (Å²) in [7, 11) is 0. The number of halogens is 1. The van der Waals surface area contributed by atoms with Crippen LogP contribution in [0.1, 0.15) is 30.4 Å². The van der Waals surface area contributed by atoms with Crippen LogP contribution >= 0.6 is 0 Å². The molecule has 1 unspecified atom stereocenters. The number of amides is 2. The van der Waals surface area contributed by atoms with Crippen molar-refractivity contribution in [2.75, 3.05) is 16.8 Å². The van der Waals surface area contributed by atoms with Gasteiger partial charge in [0, 0.05) is 24.6 Å². The van der Waals surface area contributed by atoms with Gasteiger partial charge in [-0.05, 0) is 48.9 Å². The van der Waals surface area contributed by atoms with Crippen molar-refractivity contribution in [1.29, 1.82) is 0 Å². The third kappa shape index (κ3) is 3.09. The molecule has 0 saturated heterocycles. The Labute approximate surface area is 152 Å². The van der Waals surface area contributed by atoms with E-state index in [0.29, 0.717) is 25.1 Å². The maximum absolute atomic E-state index is 14.2. The Morgan fingerprint density at radius 1 is 1.15 bits per heavy atom. The Balaban J connectivity index is 1.45. The molecule has 0 saturated carbocycles. The number of hydrogen-bond acceptors (Lipinski definition) is 2. The SMILES string of the molecule is O=C1Nc2ccccc2CC1CCC(=O)N1CCCc2cccc(F)c21. The molecule has 2 heterocycles. The van der Waals surface area contributed by atoms with Gasteiger partial charge in [-0.2, -0.15) is 0 Å². The molecule has 2 aromatic rings. The molecule has 2 aromatic carbocycles. The zero-order valence-corrected chi connectivity index (χ0v) is 14.5. The van der Waals surface area contributed by atoms with Gasteiger partial charge in [-0.15, -0.1) is 0 Å². The standard InChI is InChI=1S/C21H21FN2O2/c22-17-8-3-6-14-7-4-12-24(20(14)17)19(25)11-10-16-13-15-5-1-2-9-18(15)23-21(16)26/h1-3,5-6,8-9,16H,4,7,10-13H2,(H,23,26). The highest BCUT2D eigenvalue weighted by molar-refractivity contribution is 5.97. The number of rotatable bonds is 3. The van der Waals surface area contributed by atoms with Crippen LogP contribution in [0.4, 0.5) is 15.8 Å². The number of carbonyl (C=O) groups excluding carboxylic acids is 2. The lowest BCUT2D eigenvalue weighted by Gasteiger charge is -2.30. The van der Waals surface area contributed by atoms with Gasteiger partial charge in [0.25, 0.3) is 0 Å². The lowest BCUT2D eigenvalue weighted by molar-refractivity contribution is -0.121. The van der Waals surface area contributed by atoms with Crippen LogP contribution in [0.2, 0.25) is 0 Å². The van der Waals surface area contributed by atoms with E-state index < -0.39 is 0 Å². The average molecular weight is 352 g/mol. The molecule has 0 aromatic heterocycles. The highest BCUT2D eigenvalue weighted by Gasteiger charge is 2.29. The van der Waals surface area contributed by atoms with Gasteiger partial charge in [-0.1, -0.05) is 30.3 Å². The molecule has 4 rings (SSSR count). The van der Waals surface area contributed by atoms with Gasteiger partial charge >= 0.3 is 0 Å². The number of nitrogens with zero attached hydrogens (tertiary/aromatic N) is 1. The summed E-state index contributed by atoms with van der Waals surface area (Å²) in [6.07, 6.45) is 2.98. The summed E-state index contributed by atoms with van der Waals surface area (Å²) in [5, 5.41) is 2.91. The molecular formula is C21H21FN2O2. The third-order valence-corrected chi connectivity index (χ3v) is 5.29. The van der Waals surface area contributed by atoms with E-state index in [1.54, 1.807) is 11.0 Å². The van der Waals surface area contributed by atoms with Crippen molar-refractivity contribution in [3.8, 4) is 0 Å². The number of para-hydroxylation sites is 2. The zero-order chi connectivity index (χ0) is 18.1. The Bertz CT molecular complexity index is 865. The topological polar surface area (TPSA) is 49.4 Å². The van der Waals surface area contributed by atoms with Crippen LogP contribution in [0.5, 0.6) is 0 Å². The van der Waals surface area contributed by atoms with Gasteiger partial charge in [0.2, 0.25) is 11.8 Å². The minimum Gasteiger partial charge on any atom is -0.326 e. The van der Waals surface area contributed by atoms with E-state index in [2.05, 4.69) is 5.32 Å². The first kappa shape index (κ1) is 16.8. The molecule has 2 amide bonds. The van der Waals surface area contributed by atoms with E-state index >= 15 is 0 Å². The second-order valence-electron chi connectivity index (χ2n) is 6.98. The second kappa shape index (κ2) is 6.90. The van der Waals surface area contributed by atoms with Crippen LogP contribution < -0.4 is 10.2 Å². The summed E-state index contributed by atoms with van der Waals surface area (Å²) in [5.41, 5.74) is 3.25. The highest BCUT2D eigenvalue weighted by Crippen LogP contribution is 2.32. The molecule has 0 spiro atoms. The van der Waals surface area contributed by atoms with E-state index in [-0.39, 0.29) is 30.0 Å². The number of aryl methyl sites for hydroxylation is 1. The molecule has 0 fully saturated rings. The maximum Gasteiger partial charge on any atom is 0.227 e. The number of benzene rings is 2. The molecule has 5 heteroatoms. The van der Waals surface area contributed by atoms with Crippen molar-refractivity contribution in [2.24, 2.45) is 5.92 Å².